The van der Waals surface area contributed by atoms with E-state index >= 15 is 0 Å². The molecule has 144 valence electrons. The molecule has 1 N–H and O–H groups in total. The number of hydrogen-bond donors (Lipinski definition) is 1. The zero-order valence-electron chi connectivity index (χ0n) is 15.3. The number of hydrogen-bond acceptors (Lipinski definition) is 6. The van der Waals surface area contributed by atoms with Crippen molar-refractivity contribution in [2.24, 2.45) is 0 Å². The van der Waals surface area contributed by atoms with Crippen LogP contribution in [-0.2, 0) is 24.2 Å². The monoisotopic (exact) mass is 399 g/mol. The first-order valence-corrected chi connectivity index (χ1v) is 11.4. The van der Waals surface area contributed by atoms with Crippen LogP contribution in [-0.4, -0.2) is 49.4 Å². The fourth-order valence-corrected chi connectivity index (χ4v) is 6.22. The Balaban J connectivity index is 1.79. The Bertz CT molecular complexity index is 774. The summed E-state index contributed by atoms with van der Waals surface area (Å²) in [5.74, 6) is -0.305. The minimum Gasteiger partial charge on any atom is -0.455 e. The van der Waals surface area contributed by atoms with Crippen molar-refractivity contribution in [3.05, 3.63) is 29.3 Å². The van der Waals surface area contributed by atoms with E-state index in [2.05, 4.69) is 5.32 Å². The van der Waals surface area contributed by atoms with Crippen LogP contribution in [0.2, 0.25) is 0 Å². The molecule has 1 amide bonds. The number of sulfone groups is 1. The Labute approximate surface area is 159 Å². The molecule has 1 aromatic rings. The number of nitrogens with one attached hydrogen (secondary N) is 1. The lowest BCUT2D eigenvalue weighted by Gasteiger charge is -2.16. The molecule has 8 heteroatoms. The lowest BCUT2D eigenvalue weighted by atomic mass is 9.98. The van der Waals surface area contributed by atoms with Crippen LogP contribution >= 0.6 is 11.8 Å². The van der Waals surface area contributed by atoms with Crippen LogP contribution in [0.3, 0.4) is 0 Å². The molecule has 1 fully saturated rings. The Hall–Kier alpha value is -1.54. The number of esters is 1. The van der Waals surface area contributed by atoms with Gasteiger partial charge in [0, 0.05) is 10.9 Å². The van der Waals surface area contributed by atoms with Crippen molar-refractivity contribution in [1.82, 2.24) is 0 Å². The Morgan fingerprint density at radius 3 is 2.69 bits per heavy atom. The summed E-state index contributed by atoms with van der Waals surface area (Å²) in [7, 11) is -2.96. The molecule has 1 atom stereocenters. The summed E-state index contributed by atoms with van der Waals surface area (Å²) >= 11 is 1.27. The number of anilines is 1. The Kier molecular flexibility index (Phi) is 7.11. The van der Waals surface area contributed by atoms with Crippen LogP contribution in [0, 0.1) is 6.92 Å². The van der Waals surface area contributed by atoms with E-state index in [-0.39, 0.29) is 40.9 Å². The van der Waals surface area contributed by atoms with Gasteiger partial charge in [-0.1, -0.05) is 32.0 Å². The van der Waals surface area contributed by atoms with Crippen molar-refractivity contribution in [3.8, 4) is 0 Å². The van der Waals surface area contributed by atoms with Crippen LogP contribution < -0.4 is 5.32 Å². The number of carbonyl (C=O) groups excluding carboxylic acids is 2. The fourth-order valence-electron chi connectivity index (χ4n) is 2.78. The molecule has 6 nitrogen and oxygen atoms in total. The van der Waals surface area contributed by atoms with Crippen molar-refractivity contribution in [1.29, 1.82) is 0 Å². The van der Waals surface area contributed by atoms with Gasteiger partial charge >= 0.3 is 5.97 Å². The van der Waals surface area contributed by atoms with Gasteiger partial charge < -0.3 is 10.1 Å². The number of thioether (sulfide) groups is 1. The van der Waals surface area contributed by atoms with E-state index < -0.39 is 15.8 Å². The molecule has 1 aliphatic heterocycles. The molecule has 0 bridgehead atoms. The summed E-state index contributed by atoms with van der Waals surface area (Å²) in [5, 5.41) is 2.75. The average Bonchev–Trinajstić information content (AvgIpc) is 2.91. The van der Waals surface area contributed by atoms with E-state index in [1.165, 1.54) is 11.8 Å². The van der Waals surface area contributed by atoms with Crippen LogP contribution in [0.25, 0.3) is 0 Å². The maximum atomic E-state index is 12.1. The van der Waals surface area contributed by atoms with Gasteiger partial charge in [-0.15, -0.1) is 11.8 Å². The Morgan fingerprint density at radius 2 is 2.08 bits per heavy atom. The lowest BCUT2D eigenvalue weighted by molar-refractivity contribution is -0.144. The zero-order valence-corrected chi connectivity index (χ0v) is 16.9. The number of carbonyl (C=O) groups is 2. The van der Waals surface area contributed by atoms with Crippen molar-refractivity contribution in [2.45, 2.75) is 38.4 Å². The van der Waals surface area contributed by atoms with E-state index in [1.54, 1.807) is 0 Å². The lowest BCUT2D eigenvalue weighted by Crippen LogP contribution is -2.23. The first-order chi connectivity index (χ1) is 12.2. The number of aryl methyl sites for hydroxylation is 1. The SMILES string of the molecule is Cc1cccc(C(C)C)c1NC(=O)COC(=O)CS[C@@H]1CCS(=O)(=O)C1. The second-order valence-electron chi connectivity index (χ2n) is 6.74. The molecule has 1 aromatic carbocycles. The highest BCUT2D eigenvalue weighted by Crippen LogP contribution is 2.27. The molecule has 0 spiro atoms. The van der Waals surface area contributed by atoms with E-state index in [0.29, 0.717) is 6.42 Å². The molecular formula is C18H25NO5S2. The minimum atomic E-state index is -2.96. The highest BCUT2D eigenvalue weighted by Gasteiger charge is 2.28. The molecule has 0 aliphatic carbocycles. The minimum absolute atomic E-state index is 0.0507. The normalized spacial score (nSPS) is 18.7. The van der Waals surface area contributed by atoms with Gasteiger partial charge in [-0.2, -0.15) is 0 Å². The first kappa shape index (κ1) is 20.8. The maximum absolute atomic E-state index is 12.1. The highest BCUT2D eigenvalue weighted by atomic mass is 32.2. The summed E-state index contributed by atoms with van der Waals surface area (Å²) in [6.07, 6.45) is 0.562. The van der Waals surface area contributed by atoms with Gasteiger partial charge in [0.25, 0.3) is 5.91 Å². The standard InChI is InChI=1S/C18H25NO5S2/c1-12(2)15-6-4-5-13(3)18(15)19-16(20)9-24-17(21)10-25-14-7-8-26(22,23)11-14/h4-6,12,14H,7-11H2,1-3H3,(H,19,20)/t14-/m1/s1. The van der Waals surface area contributed by atoms with E-state index in [9.17, 15) is 18.0 Å². The molecule has 2 rings (SSSR count). The Morgan fingerprint density at radius 1 is 1.35 bits per heavy atom. The molecule has 0 aromatic heterocycles. The van der Waals surface area contributed by atoms with Gasteiger partial charge in [0.2, 0.25) is 0 Å². The predicted octanol–water partition coefficient (Wildman–Crippen LogP) is 2.52. The third-order valence-corrected chi connectivity index (χ3v) is 7.44. The summed E-state index contributed by atoms with van der Waals surface area (Å²) < 4.78 is 27.8. The molecule has 1 heterocycles. The van der Waals surface area contributed by atoms with E-state index in [4.69, 9.17) is 4.74 Å². The number of rotatable bonds is 7. The van der Waals surface area contributed by atoms with Crippen molar-refractivity contribution < 1.29 is 22.7 Å². The zero-order chi connectivity index (χ0) is 19.3. The quantitative estimate of drug-likeness (QED) is 0.709. The summed E-state index contributed by atoms with van der Waals surface area (Å²) in [6, 6.07) is 5.83. The third-order valence-electron chi connectivity index (χ3n) is 4.18. The van der Waals surface area contributed by atoms with Gasteiger partial charge in [0.15, 0.2) is 16.4 Å². The van der Waals surface area contributed by atoms with Crippen LogP contribution in [0.1, 0.15) is 37.3 Å². The number of para-hydroxylation sites is 1. The molecule has 1 aliphatic rings. The molecule has 26 heavy (non-hydrogen) atoms. The molecule has 1 saturated heterocycles. The molecule has 0 unspecified atom stereocenters. The van der Waals surface area contributed by atoms with Crippen LogP contribution in [0.4, 0.5) is 5.69 Å². The third kappa shape index (κ3) is 6.02. The second kappa shape index (κ2) is 8.90. The largest absolute Gasteiger partial charge is 0.455 e. The second-order valence-corrected chi connectivity index (χ2v) is 10.3. The van der Waals surface area contributed by atoms with E-state index in [0.717, 1.165) is 16.8 Å². The molecule has 0 radical (unpaired) electrons. The summed E-state index contributed by atoms with van der Waals surface area (Å²) in [5.41, 5.74) is 2.74. The van der Waals surface area contributed by atoms with Gasteiger partial charge in [0.1, 0.15) is 0 Å². The maximum Gasteiger partial charge on any atom is 0.316 e. The predicted molar refractivity (Wildman–Crippen MR) is 104 cm³/mol. The van der Waals surface area contributed by atoms with Crippen molar-refractivity contribution in [2.75, 3.05) is 29.2 Å². The number of ether oxygens (including phenoxy) is 1. The van der Waals surface area contributed by atoms with Crippen molar-refractivity contribution in [3.63, 3.8) is 0 Å². The summed E-state index contributed by atoms with van der Waals surface area (Å²) in [4.78, 5) is 23.9. The van der Waals surface area contributed by atoms with Gasteiger partial charge in [-0.05, 0) is 30.4 Å². The van der Waals surface area contributed by atoms with Gasteiger partial charge in [-0.3, -0.25) is 9.59 Å². The van der Waals surface area contributed by atoms with Gasteiger partial charge in [0.05, 0.1) is 17.3 Å². The number of benzene rings is 1. The topological polar surface area (TPSA) is 89.5 Å². The van der Waals surface area contributed by atoms with Crippen LogP contribution in [0.15, 0.2) is 18.2 Å². The first-order valence-electron chi connectivity index (χ1n) is 8.55. The van der Waals surface area contributed by atoms with E-state index in [1.807, 2.05) is 39.0 Å². The smallest absolute Gasteiger partial charge is 0.316 e. The van der Waals surface area contributed by atoms with Gasteiger partial charge in [-0.25, -0.2) is 8.42 Å². The summed E-state index contributed by atoms with van der Waals surface area (Å²) in [6.45, 7) is 5.66. The molecular weight excluding hydrogens is 374 g/mol. The average molecular weight is 400 g/mol. The van der Waals surface area contributed by atoms with Crippen LogP contribution in [0.5, 0.6) is 0 Å². The van der Waals surface area contributed by atoms with Crippen molar-refractivity contribution >= 4 is 39.2 Å². The molecule has 0 saturated carbocycles. The number of amides is 1. The fraction of sp³-hybridized carbons (Fsp3) is 0.556. The highest BCUT2D eigenvalue weighted by molar-refractivity contribution is 8.02.